The van der Waals surface area contributed by atoms with E-state index < -0.39 is 0 Å². The number of carbonyl (C=O) groups is 2. The average Bonchev–Trinajstić information content (AvgIpc) is 3.22. The maximum atomic E-state index is 12.4. The van der Waals surface area contributed by atoms with Crippen molar-refractivity contribution in [1.82, 2.24) is 5.32 Å². The molecule has 0 unspecified atom stereocenters. The van der Waals surface area contributed by atoms with Gasteiger partial charge in [0.05, 0.1) is 18.2 Å². The van der Waals surface area contributed by atoms with Gasteiger partial charge in [0.2, 0.25) is 5.91 Å². The van der Waals surface area contributed by atoms with Crippen molar-refractivity contribution in [2.24, 2.45) is 0 Å². The Morgan fingerprint density at radius 3 is 2.70 bits per heavy atom. The van der Waals surface area contributed by atoms with Crippen LogP contribution in [0.5, 0.6) is 5.75 Å². The van der Waals surface area contributed by atoms with Crippen molar-refractivity contribution < 1.29 is 18.7 Å². The molecular formula is C23H21N3O4. The zero-order valence-corrected chi connectivity index (χ0v) is 16.7. The number of nitriles is 1. The molecule has 0 atom stereocenters. The zero-order chi connectivity index (χ0) is 21.5. The zero-order valence-electron chi connectivity index (χ0n) is 16.7. The lowest BCUT2D eigenvalue weighted by Gasteiger charge is -2.11. The topological polar surface area (TPSA) is 104 Å². The van der Waals surface area contributed by atoms with Crippen molar-refractivity contribution in [2.75, 3.05) is 5.32 Å². The molecule has 152 valence electrons. The standard InChI is InChI=1S/C23H21N3O4/c1-15-10-19(29-14-18-5-3-4-17(11-18)12-24)6-8-21(15)26-23(28)22-9-7-20(30-22)13-25-16(2)27/h3-11H,13-14H2,1-2H3,(H,25,27)(H,26,28). The van der Waals surface area contributed by atoms with Gasteiger partial charge in [0.15, 0.2) is 5.76 Å². The SMILES string of the molecule is CC(=O)NCc1ccc(C(=O)Nc2ccc(OCc3cccc(C#N)c3)cc2C)o1. The lowest BCUT2D eigenvalue weighted by atomic mass is 10.1. The van der Waals surface area contributed by atoms with Crippen molar-refractivity contribution in [3.05, 3.63) is 82.8 Å². The molecule has 2 amide bonds. The Labute approximate surface area is 174 Å². The fourth-order valence-corrected chi connectivity index (χ4v) is 2.75. The number of hydrogen-bond acceptors (Lipinski definition) is 5. The van der Waals surface area contributed by atoms with Gasteiger partial charge in [-0.2, -0.15) is 5.26 Å². The number of amides is 2. The van der Waals surface area contributed by atoms with E-state index in [2.05, 4.69) is 16.7 Å². The van der Waals surface area contributed by atoms with Crippen LogP contribution in [0.2, 0.25) is 0 Å². The van der Waals surface area contributed by atoms with Gasteiger partial charge in [-0.3, -0.25) is 9.59 Å². The molecule has 0 aliphatic heterocycles. The maximum absolute atomic E-state index is 12.4. The highest BCUT2D eigenvalue weighted by molar-refractivity contribution is 6.02. The van der Waals surface area contributed by atoms with Crippen molar-refractivity contribution >= 4 is 17.5 Å². The van der Waals surface area contributed by atoms with Crippen LogP contribution in [-0.4, -0.2) is 11.8 Å². The van der Waals surface area contributed by atoms with Crippen LogP contribution in [0.4, 0.5) is 5.69 Å². The second kappa shape index (κ2) is 9.43. The molecule has 7 heteroatoms. The fourth-order valence-electron chi connectivity index (χ4n) is 2.75. The summed E-state index contributed by atoms with van der Waals surface area (Å²) in [6, 6.07) is 17.9. The van der Waals surface area contributed by atoms with Gasteiger partial charge in [-0.25, -0.2) is 0 Å². The molecule has 0 spiro atoms. The average molecular weight is 403 g/mol. The van der Waals surface area contributed by atoms with E-state index in [-0.39, 0.29) is 24.1 Å². The summed E-state index contributed by atoms with van der Waals surface area (Å²) in [6.07, 6.45) is 0. The van der Waals surface area contributed by atoms with Gasteiger partial charge in [0.1, 0.15) is 18.1 Å². The first-order valence-electron chi connectivity index (χ1n) is 9.31. The largest absolute Gasteiger partial charge is 0.489 e. The van der Waals surface area contributed by atoms with Crippen molar-refractivity contribution in [3.8, 4) is 11.8 Å². The second-order valence-electron chi connectivity index (χ2n) is 6.71. The van der Waals surface area contributed by atoms with E-state index in [0.717, 1.165) is 11.1 Å². The van der Waals surface area contributed by atoms with E-state index in [1.165, 1.54) is 6.92 Å². The van der Waals surface area contributed by atoms with Crippen LogP contribution in [0.25, 0.3) is 0 Å². The molecule has 1 aromatic heterocycles. The fraction of sp³-hybridized carbons (Fsp3) is 0.174. The minimum Gasteiger partial charge on any atom is -0.489 e. The highest BCUT2D eigenvalue weighted by atomic mass is 16.5. The summed E-state index contributed by atoms with van der Waals surface area (Å²) in [5.74, 6) is 0.759. The summed E-state index contributed by atoms with van der Waals surface area (Å²) < 4.78 is 11.3. The molecule has 0 saturated carbocycles. The highest BCUT2D eigenvalue weighted by Crippen LogP contribution is 2.23. The van der Waals surface area contributed by atoms with Gasteiger partial charge in [-0.15, -0.1) is 0 Å². The van der Waals surface area contributed by atoms with E-state index in [4.69, 9.17) is 14.4 Å². The molecule has 0 aliphatic rings. The van der Waals surface area contributed by atoms with E-state index >= 15 is 0 Å². The Hall–Kier alpha value is -4.05. The van der Waals surface area contributed by atoms with Crippen LogP contribution in [0, 0.1) is 18.3 Å². The first kappa shape index (κ1) is 20.7. The van der Waals surface area contributed by atoms with Gasteiger partial charge in [-0.05, 0) is 60.5 Å². The molecule has 0 fully saturated rings. The molecule has 2 N–H and O–H groups in total. The van der Waals surface area contributed by atoms with Crippen LogP contribution >= 0.6 is 0 Å². The van der Waals surface area contributed by atoms with Gasteiger partial charge in [-0.1, -0.05) is 12.1 Å². The minimum atomic E-state index is -0.380. The molecule has 2 aromatic carbocycles. The van der Waals surface area contributed by atoms with Crippen LogP contribution in [0.1, 0.15) is 39.9 Å². The first-order valence-corrected chi connectivity index (χ1v) is 9.31. The van der Waals surface area contributed by atoms with Crippen molar-refractivity contribution in [1.29, 1.82) is 5.26 Å². The monoisotopic (exact) mass is 403 g/mol. The van der Waals surface area contributed by atoms with Gasteiger partial charge in [0.25, 0.3) is 5.91 Å². The molecule has 1 heterocycles. The number of nitrogens with zero attached hydrogens (tertiary/aromatic N) is 1. The Morgan fingerprint density at radius 2 is 1.97 bits per heavy atom. The number of hydrogen-bond donors (Lipinski definition) is 2. The maximum Gasteiger partial charge on any atom is 0.291 e. The second-order valence-corrected chi connectivity index (χ2v) is 6.71. The van der Waals surface area contributed by atoms with E-state index in [0.29, 0.717) is 29.4 Å². The van der Waals surface area contributed by atoms with Gasteiger partial charge in [0, 0.05) is 12.6 Å². The lowest BCUT2D eigenvalue weighted by molar-refractivity contribution is -0.119. The first-order chi connectivity index (χ1) is 14.4. The molecule has 0 aliphatic carbocycles. The summed E-state index contributed by atoms with van der Waals surface area (Å²) in [6.45, 7) is 3.84. The number of rotatable bonds is 7. The molecule has 0 saturated heterocycles. The smallest absolute Gasteiger partial charge is 0.291 e. The van der Waals surface area contributed by atoms with E-state index in [1.54, 1.807) is 36.4 Å². The van der Waals surface area contributed by atoms with Gasteiger partial charge >= 0.3 is 0 Å². The summed E-state index contributed by atoms with van der Waals surface area (Å²) in [5.41, 5.74) is 2.95. The number of aryl methyl sites for hydroxylation is 1. The Bertz CT molecular complexity index is 1110. The summed E-state index contributed by atoms with van der Waals surface area (Å²) in [7, 11) is 0. The number of anilines is 1. The number of nitrogens with one attached hydrogen (secondary N) is 2. The normalized spacial score (nSPS) is 10.2. The number of ether oxygens (including phenoxy) is 1. The van der Waals surface area contributed by atoms with Crippen LogP contribution in [0.3, 0.4) is 0 Å². The molecule has 3 rings (SSSR count). The predicted molar refractivity (Wildman–Crippen MR) is 111 cm³/mol. The van der Waals surface area contributed by atoms with Crippen molar-refractivity contribution in [2.45, 2.75) is 27.0 Å². The Morgan fingerprint density at radius 1 is 1.13 bits per heavy atom. The lowest BCUT2D eigenvalue weighted by Crippen LogP contribution is -2.18. The van der Waals surface area contributed by atoms with E-state index in [9.17, 15) is 9.59 Å². The summed E-state index contributed by atoms with van der Waals surface area (Å²) >= 11 is 0. The third-order valence-electron chi connectivity index (χ3n) is 4.30. The Kier molecular flexibility index (Phi) is 6.50. The molecule has 7 nitrogen and oxygen atoms in total. The van der Waals surface area contributed by atoms with Crippen LogP contribution < -0.4 is 15.4 Å². The molecule has 0 bridgehead atoms. The number of carbonyl (C=O) groups excluding carboxylic acids is 2. The van der Waals surface area contributed by atoms with Crippen molar-refractivity contribution in [3.63, 3.8) is 0 Å². The third-order valence-corrected chi connectivity index (χ3v) is 4.30. The molecule has 3 aromatic rings. The minimum absolute atomic E-state index is 0.160. The molecular weight excluding hydrogens is 382 g/mol. The predicted octanol–water partition coefficient (Wildman–Crippen LogP) is 3.93. The molecule has 30 heavy (non-hydrogen) atoms. The van der Waals surface area contributed by atoms with Crippen LogP contribution in [-0.2, 0) is 17.9 Å². The number of benzene rings is 2. The Balaban J connectivity index is 1.60. The number of furan rings is 1. The third kappa shape index (κ3) is 5.49. The van der Waals surface area contributed by atoms with Crippen LogP contribution in [0.15, 0.2) is 59.0 Å². The summed E-state index contributed by atoms with van der Waals surface area (Å²) in [5, 5.41) is 14.4. The molecule has 0 radical (unpaired) electrons. The highest BCUT2D eigenvalue weighted by Gasteiger charge is 2.13. The quantitative estimate of drug-likeness (QED) is 0.622. The summed E-state index contributed by atoms with van der Waals surface area (Å²) in [4.78, 5) is 23.4. The van der Waals surface area contributed by atoms with E-state index in [1.807, 2.05) is 25.1 Å². The van der Waals surface area contributed by atoms with Gasteiger partial charge < -0.3 is 19.8 Å².